The highest BCUT2D eigenvalue weighted by Gasteiger charge is 2.37. The Kier molecular flexibility index (Phi) is 12.0. The van der Waals surface area contributed by atoms with Crippen LogP contribution in [0, 0.1) is 12.7 Å². The summed E-state index contributed by atoms with van der Waals surface area (Å²) in [6, 6.07) is 7.86. The minimum Gasteiger partial charge on any atom is -0.380 e. The van der Waals surface area contributed by atoms with Crippen LogP contribution in [0.2, 0.25) is 0 Å². The van der Waals surface area contributed by atoms with Gasteiger partial charge < -0.3 is 15.4 Å². The number of methoxy groups -OCH3 is 1. The van der Waals surface area contributed by atoms with Crippen LogP contribution in [0.15, 0.2) is 42.5 Å². The number of alkyl halides is 6. The molecule has 0 saturated carbocycles. The molecule has 1 unspecified atom stereocenters. The summed E-state index contributed by atoms with van der Waals surface area (Å²) in [7, 11) is 1.19. The summed E-state index contributed by atoms with van der Waals surface area (Å²) in [5.41, 5.74) is 3.32. The minimum absolute atomic E-state index is 0.0825. The van der Waals surface area contributed by atoms with Crippen LogP contribution in [-0.4, -0.2) is 36.5 Å². The molecule has 1 fully saturated rings. The van der Waals surface area contributed by atoms with Crippen LogP contribution in [0.4, 0.5) is 30.7 Å². The second-order valence-corrected chi connectivity index (χ2v) is 8.92. The quantitative estimate of drug-likeness (QED) is 0.439. The van der Waals surface area contributed by atoms with Gasteiger partial charge in [-0.1, -0.05) is 19.1 Å². The number of rotatable bonds is 4. The summed E-state index contributed by atoms with van der Waals surface area (Å²) >= 11 is 0. The summed E-state index contributed by atoms with van der Waals surface area (Å²) < 4.78 is 90.9. The Balaban J connectivity index is 0.000000297. The van der Waals surface area contributed by atoms with E-state index in [0.717, 1.165) is 31.5 Å². The average molecular weight is 539 g/mol. The van der Waals surface area contributed by atoms with Crippen molar-refractivity contribution in [3.05, 3.63) is 70.5 Å². The predicted octanol–water partition coefficient (Wildman–Crippen LogP) is 6.74. The number of carbonyl (C=O) groups excluding carboxylic acids is 1. The Hall–Kier alpha value is -2.66. The Labute approximate surface area is 212 Å². The lowest BCUT2D eigenvalue weighted by Crippen LogP contribution is -2.51. The zero-order valence-corrected chi connectivity index (χ0v) is 21.3. The van der Waals surface area contributed by atoms with E-state index < -0.39 is 29.0 Å². The maximum absolute atomic E-state index is 12.4. The van der Waals surface area contributed by atoms with E-state index in [0.29, 0.717) is 18.6 Å². The van der Waals surface area contributed by atoms with Crippen LogP contribution in [0.5, 0.6) is 0 Å². The van der Waals surface area contributed by atoms with Crippen molar-refractivity contribution in [2.45, 2.75) is 64.5 Å². The number of amides is 1. The van der Waals surface area contributed by atoms with E-state index in [-0.39, 0.29) is 30.0 Å². The zero-order valence-electron chi connectivity index (χ0n) is 21.3. The summed E-state index contributed by atoms with van der Waals surface area (Å²) in [5, 5.41) is 0. The van der Waals surface area contributed by atoms with E-state index in [4.69, 9.17) is 5.73 Å². The first-order chi connectivity index (χ1) is 17.0. The highest BCUT2D eigenvalue weighted by Crippen LogP contribution is 2.36. The second-order valence-electron chi connectivity index (χ2n) is 8.92. The van der Waals surface area contributed by atoms with Gasteiger partial charge in [0, 0.05) is 20.2 Å². The Bertz CT molecular complexity index is 950. The molecule has 2 N–H and O–H groups in total. The largest absolute Gasteiger partial charge is 0.416 e. The van der Waals surface area contributed by atoms with Crippen molar-refractivity contribution in [1.29, 1.82) is 0 Å². The molecule has 2 aromatic carbocycles. The van der Waals surface area contributed by atoms with Crippen molar-refractivity contribution in [1.82, 2.24) is 4.90 Å². The number of hydrogen-bond donors (Lipinski definition) is 1. The first kappa shape index (κ1) is 32.4. The van der Waals surface area contributed by atoms with Gasteiger partial charge in [-0.05, 0) is 74.6 Å². The van der Waals surface area contributed by atoms with Gasteiger partial charge in [-0.15, -0.1) is 0 Å². The molecular formula is C26H33F7N2O2. The van der Waals surface area contributed by atoms with E-state index in [1.54, 1.807) is 6.07 Å². The fraction of sp³-hybridized carbons (Fsp3) is 0.500. The van der Waals surface area contributed by atoms with Gasteiger partial charge >= 0.3 is 12.4 Å². The molecule has 3 rings (SSSR count). The smallest absolute Gasteiger partial charge is 0.380 e. The molecule has 1 atom stereocenters. The van der Waals surface area contributed by atoms with Crippen molar-refractivity contribution in [2.75, 3.05) is 20.2 Å². The highest BCUT2D eigenvalue weighted by atomic mass is 19.4. The Morgan fingerprint density at radius 1 is 0.973 bits per heavy atom. The topological polar surface area (TPSA) is 55.6 Å². The van der Waals surface area contributed by atoms with Crippen LogP contribution in [-0.2, 0) is 28.5 Å². The molecule has 0 aliphatic carbocycles. The van der Waals surface area contributed by atoms with Crippen molar-refractivity contribution >= 4 is 5.91 Å². The standard InChI is InChI=1S/C10H8F6O.C9H18N2O.C7H7F/c1-17-5-6-2-7(9(11,12)13)4-8(3-6)10(14,15)16;1-3-9(2,10)8(12)11-6-4-5-7-11;1-6-3-2-4-7(8)5-6/h2-4H,5H2,1H3;3-7,10H2,1-2H3;2-5H,1H3. The molecule has 0 spiro atoms. The van der Waals surface area contributed by atoms with Crippen molar-refractivity contribution in [3.8, 4) is 0 Å². The summed E-state index contributed by atoms with van der Waals surface area (Å²) in [4.78, 5) is 13.6. The number of hydrogen-bond acceptors (Lipinski definition) is 3. The van der Waals surface area contributed by atoms with E-state index in [9.17, 15) is 35.5 Å². The van der Waals surface area contributed by atoms with Crippen molar-refractivity contribution < 1.29 is 40.3 Å². The van der Waals surface area contributed by atoms with Crippen LogP contribution < -0.4 is 5.73 Å². The molecule has 0 radical (unpaired) electrons. The van der Waals surface area contributed by atoms with E-state index in [1.165, 1.54) is 19.2 Å². The van der Waals surface area contributed by atoms with Gasteiger partial charge in [0.05, 0.1) is 23.3 Å². The zero-order chi connectivity index (χ0) is 28.4. The SMILES string of the molecule is CCC(C)(N)C(=O)N1CCCC1.COCc1cc(C(F)(F)F)cc(C(F)(F)F)c1.Cc1cccc(F)c1. The highest BCUT2D eigenvalue weighted by molar-refractivity contribution is 5.85. The average Bonchev–Trinajstić information content (AvgIpc) is 3.33. The second kappa shape index (κ2) is 13.8. The molecule has 1 saturated heterocycles. The fourth-order valence-electron chi connectivity index (χ4n) is 3.31. The maximum Gasteiger partial charge on any atom is 0.416 e. The summed E-state index contributed by atoms with van der Waals surface area (Å²) in [6.07, 6.45) is -6.66. The summed E-state index contributed by atoms with van der Waals surface area (Å²) in [6.45, 7) is 7.11. The monoisotopic (exact) mass is 538 g/mol. The number of nitrogens with zero attached hydrogens (tertiary/aromatic N) is 1. The molecule has 0 bridgehead atoms. The van der Waals surface area contributed by atoms with Crippen LogP contribution in [0.3, 0.4) is 0 Å². The van der Waals surface area contributed by atoms with E-state index >= 15 is 0 Å². The predicted molar refractivity (Wildman–Crippen MR) is 127 cm³/mol. The van der Waals surface area contributed by atoms with Gasteiger partial charge in [0.25, 0.3) is 0 Å². The Morgan fingerprint density at radius 2 is 1.49 bits per heavy atom. The number of nitrogens with two attached hydrogens (primary N) is 1. The number of halogens is 7. The van der Waals surface area contributed by atoms with Gasteiger partial charge in [-0.2, -0.15) is 26.3 Å². The summed E-state index contributed by atoms with van der Waals surface area (Å²) in [5.74, 6) is -0.0486. The Morgan fingerprint density at radius 3 is 1.84 bits per heavy atom. The van der Waals surface area contributed by atoms with Crippen LogP contribution in [0.25, 0.3) is 0 Å². The van der Waals surface area contributed by atoms with Gasteiger partial charge in [-0.25, -0.2) is 4.39 Å². The molecule has 208 valence electrons. The minimum atomic E-state index is -4.82. The van der Waals surface area contributed by atoms with Gasteiger partial charge in [0.2, 0.25) is 5.91 Å². The van der Waals surface area contributed by atoms with E-state index in [1.807, 2.05) is 31.7 Å². The third kappa shape index (κ3) is 11.1. The van der Waals surface area contributed by atoms with E-state index in [2.05, 4.69) is 4.74 Å². The van der Waals surface area contributed by atoms with Crippen molar-refractivity contribution in [3.63, 3.8) is 0 Å². The molecule has 4 nitrogen and oxygen atoms in total. The van der Waals surface area contributed by atoms with Crippen LogP contribution in [0.1, 0.15) is 55.4 Å². The number of aryl methyl sites for hydroxylation is 1. The van der Waals surface area contributed by atoms with Gasteiger partial charge in [0.15, 0.2) is 0 Å². The molecule has 1 aliphatic rings. The number of carbonyl (C=O) groups is 1. The van der Waals surface area contributed by atoms with Gasteiger partial charge in [0.1, 0.15) is 5.82 Å². The molecule has 37 heavy (non-hydrogen) atoms. The lowest BCUT2D eigenvalue weighted by molar-refractivity contribution is -0.143. The molecule has 0 aromatic heterocycles. The fourth-order valence-corrected chi connectivity index (χ4v) is 3.31. The van der Waals surface area contributed by atoms with Crippen LogP contribution >= 0.6 is 0 Å². The number of ether oxygens (including phenoxy) is 1. The molecule has 1 aliphatic heterocycles. The molecule has 2 aromatic rings. The molecule has 1 amide bonds. The lowest BCUT2D eigenvalue weighted by Gasteiger charge is -2.27. The first-order valence-electron chi connectivity index (χ1n) is 11.6. The lowest BCUT2D eigenvalue weighted by atomic mass is 9.99. The third-order valence-electron chi connectivity index (χ3n) is 5.55. The number of likely N-dealkylation sites (tertiary alicyclic amines) is 1. The molecular weight excluding hydrogens is 505 g/mol. The maximum atomic E-state index is 12.4. The van der Waals surface area contributed by atoms with Crippen molar-refractivity contribution in [2.24, 2.45) is 5.73 Å². The number of benzene rings is 2. The normalized spacial score (nSPS) is 15.2. The first-order valence-corrected chi connectivity index (χ1v) is 11.6. The van der Waals surface area contributed by atoms with Gasteiger partial charge in [-0.3, -0.25) is 4.79 Å². The molecule has 1 heterocycles. The third-order valence-corrected chi connectivity index (χ3v) is 5.55. The molecule has 11 heteroatoms.